The van der Waals surface area contributed by atoms with E-state index in [9.17, 15) is 29.4 Å². The minimum Gasteiger partial charge on any atom is -0.481 e. The van der Waals surface area contributed by atoms with Crippen molar-refractivity contribution in [2.75, 3.05) is 0 Å². The molecule has 0 fully saturated rings. The standard InChI is InChI=1S/C31H53NO7/c1-11-19(2)12-20(3)13-21(4)14-22(5)15-23(6)16-24(28(37)39-30(7,8)9)18-31(10,29(32)38)25(27(35)36)17-26(33)34/h15-16,19-22,25H,11-14,17-18H2,1-10H3,(H2,32,38)(H,33,34)(H,35,36)/b23-15+,24-16-/t19?,20?,21?,22?,25?,31-/m0/s1. The minimum absolute atomic E-state index is 0.0686. The predicted octanol–water partition coefficient (Wildman–Crippen LogP) is 6.38. The first-order valence-electron chi connectivity index (χ1n) is 14.1. The first kappa shape index (κ1) is 36.4. The highest BCUT2D eigenvalue weighted by atomic mass is 16.6. The molecule has 0 aromatic heterocycles. The number of carbonyl (C=O) groups excluding carboxylic acids is 2. The Bertz CT molecular complexity index is 914. The van der Waals surface area contributed by atoms with Gasteiger partial charge in [-0.3, -0.25) is 14.4 Å². The van der Waals surface area contributed by atoms with Gasteiger partial charge >= 0.3 is 17.9 Å². The molecule has 5 unspecified atom stereocenters. The van der Waals surface area contributed by atoms with Gasteiger partial charge in [-0.05, 0) is 90.0 Å². The Balaban J connectivity index is 6.13. The van der Waals surface area contributed by atoms with Gasteiger partial charge in [0.1, 0.15) is 5.60 Å². The van der Waals surface area contributed by atoms with Crippen LogP contribution in [0.15, 0.2) is 23.3 Å². The molecule has 0 spiro atoms. The van der Waals surface area contributed by atoms with Crippen molar-refractivity contribution < 1.29 is 34.1 Å². The zero-order valence-electron chi connectivity index (χ0n) is 25.8. The van der Waals surface area contributed by atoms with Gasteiger partial charge in [0.25, 0.3) is 0 Å². The summed E-state index contributed by atoms with van der Waals surface area (Å²) in [6.07, 6.45) is 6.97. The number of hydrogen-bond donors (Lipinski definition) is 3. The van der Waals surface area contributed by atoms with E-state index in [1.807, 2.05) is 13.0 Å². The van der Waals surface area contributed by atoms with Crippen molar-refractivity contribution in [3.05, 3.63) is 23.3 Å². The lowest BCUT2D eigenvalue weighted by Gasteiger charge is -2.32. The average Bonchev–Trinajstić information content (AvgIpc) is 2.74. The number of hydrogen-bond acceptors (Lipinski definition) is 5. The van der Waals surface area contributed by atoms with Crippen LogP contribution in [0.3, 0.4) is 0 Å². The Morgan fingerprint density at radius 3 is 1.85 bits per heavy atom. The topological polar surface area (TPSA) is 144 Å². The van der Waals surface area contributed by atoms with Gasteiger partial charge in [0, 0.05) is 5.57 Å². The quantitative estimate of drug-likeness (QED) is 0.108. The van der Waals surface area contributed by atoms with Gasteiger partial charge in [0.2, 0.25) is 5.91 Å². The summed E-state index contributed by atoms with van der Waals surface area (Å²) in [5, 5.41) is 19.0. The summed E-state index contributed by atoms with van der Waals surface area (Å²) >= 11 is 0. The highest BCUT2D eigenvalue weighted by molar-refractivity contribution is 5.94. The van der Waals surface area contributed by atoms with Crippen molar-refractivity contribution in [1.82, 2.24) is 0 Å². The van der Waals surface area contributed by atoms with E-state index < -0.39 is 47.2 Å². The summed E-state index contributed by atoms with van der Waals surface area (Å²) in [6, 6.07) is 0. The van der Waals surface area contributed by atoms with Gasteiger partial charge in [-0.2, -0.15) is 0 Å². The minimum atomic E-state index is -1.83. The maximum atomic E-state index is 13.2. The molecule has 0 saturated carbocycles. The molecule has 4 N–H and O–H groups in total. The molecule has 0 aromatic carbocycles. The smallest absolute Gasteiger partial charge is 0.334 e. The number of esters is 1. The molecule has 0 radical (unpaired) electrons. The number of carboxylic acid groups (broad SMARTS) is 2. The summed E-state index contributed by atoms with van der Waals surface area (Å²) in [7, 11) is 0. The lowest BCUT2D eigenvalue weighted by molar-refractivity contribution is -0.157. The summed E-state index contributed by atoms with van der Waals surface area (Å²) in [6.45, 7) is 19.4. The summed E-state index contributed by atoms with van der Waals surface area (Å²) in [5.74, 6) is -4.09. The third-order valence-corrected chi connectivity index (χ3v) is 7.26. The molecule has 224 valence electrons. The molecule has 0 aromatic rings. The number of nitrogens with two attached hydrogens (primary N) is 1. The molecule has 39 heavy (non-hydrogen) atoms. The number of aliphatic carboxylic acids is 2. The van der Waals surface area contributed by atoms with Crippen LogP contribution in [0.1, 0.15) is 108 Å². The molecule has 0 rings (SSSR count). The van der Waals surface area contributed by atoms with Crippen molar-refractivity contribution in [2.24, 2.45) is 40.7 Å². The first-order valence-corrected chi connectivity index (χ1v) is 14.1. The van der Waals surface area contributed by atoms with Crippen LogP contribution in [0.4, 0.5) is 0 Å². The van der Waals surface area contributed by atoms with E-state index in [1.165, 1.54) is 19.8 Å². The molecule has 1 amide bonds. The second kappa shape index (κ2) is 15.8. The Morgan fingerprint density at radius 1 is 0.897 bits per heavy atom. The second-order valence-electron chi connectivity index (χ2n) is 12.9. The van der Waals surface area contributed by atoms with Crippen molar-refractivity contribution in [2.45, 2.75) is 113 Å². The van der Waals surface area contributed by atoms with Crippen LogP contribution < -0.4 is 5.73 Å². The van der Waals surface area contributed by atoms with Crippen LogP contribution in [-0.2, 0) is 23.9 Å². The number of allylic oxidation sites excluding steroid dienone is 3. The Kier molecular flexibility index (Phi) is 14.8. The van der Waals surface area contributed by atoms with Crippen LogP contribution in [0, 0.1) is 35.0 Å². The number of rotatable bonds is 17. The zero-order chi connectivity index (χ0) is 30.7. The molecular formula is C31H53NO7. The van der Waals surface area contributed by atoms with Crippen molar-refractivity contribution in [3.63, 3.8) is 0 Å². The van der Waals surface area contributed by atoms with E-state index in [2.05, 4.69) is 34.6 Å². The van der Waals surface area contributed by atoms with Crippen LogP contribution in [0.25, 0.3) is 0 Å². The monoisotopic (exact) mass is 551 g/mol. The summed E-state index contributed by atoms with van der Waals surface area (Å²) in [5.41, 5.74) is 3.78. The lowest BCUT2D eigenvalue weighted by atomic mass is 9.70. The van der Waals surface area contributed by atoms with E-state index >= 15 is 0 Å². The van der Waals surface area contributed by atoms with E-state index in [0.717, 1.165) is 18.4 Å². The number of ether oxygens (including phenoxy) is 1. The van der Waals surface area contributed by atoms with Crippen molar-refractivity contribution in [3.8, 4) is 0 Å². The molecular weight excluding hydrogens is 498 g/mol. The molecule has 0 heterocycles. The molecule has 0 saturated heterocycles. The van der Waals surface area contributed by atoms with E-state index in [4.69, 9.17) is 10.5 Å². The van der Waals surface area contributed by atoms with Crippen LogP contribution in [0.5, 0.6) is 0 Å². The van der Waals surface area contributed by atoms with Gasteiger partial charge < -0.3 is 20.7 Å². The fourth-order valence-corrected chi connectivity index (χ4v) is 5.27. The lowest BCUT2D eigenvalue weighted by Crippen LogP contribution is -2.46. The molecule has 0 aliphatic carbocycles. The third-order valence-electron chi connectivity index (χ3n) is 7.26. The van der Waals surface area contributed by atoms with E-state index in [-0.39, 0.29) is 17.9 Å². The SMILES string of the molecule is CCC(C)CC(C)CC(C)CC(C)/C=C(C)/C=C(/C[C@](C)(C(N)=O)C(CC(=O)O)C(=O)O)C(=O)OC(C)(C)C. The van der Waals surface area contributed by atoms with Crippen LogP contribution >= 0.6 is 0 Å². The van der Waals surface area contributed by atoms with Gasteiger partial charge in [0.05, 0.1) is 17.8 Å². The molecule has 6 atom stereocenters. The maximum absolute atomic E-state index is 13.2. The van der Waals surface area contributed by atoms with Gasteiger partial charge in [-0.25, -0.2) is 4.79 Å². The summed E-state index contributed by atoms with van der Waals surface area (Å²) in [4.78, 5) is 49.0. The zero-order valence-corrected chi connectivity index (χ0v) is 25.8. The Labute approximate surface area is 235 Å². The number of carbonyl (C=O) groups is 4. The normalized spacial score (nSPS) is 18.3. The first-order chi connectivity index (χ1) is 17.7. The molecule has 8 nitrogen and oxygen atoms in total. The van der Waals surface area contributed by atoms with Crippen molar-refractivity contribution in [1.29, 1.82) is 0 Å². The van der Waals surface area contributed by atoms with Crippen LogP contribution in [-0.4, -0.2) is 39.6 Å². The van der Waals surface area contributed by atoms with Gasteiger partial charge in [-0.15, -0.1) is 0 Å². The predicted molar refractivity (Wildman–Crippen MR) is 154 cm³/mol. The third kappa shape index (κ3) is 13.8. The average molecular weight is 552 g/mol. The maximum Gasteiger partial charge on any atom is 0.334 e. The molecule has 0 aliphatic rings. The van der Waals surface area contributed by atoms with E-state index in [1.54, 1.807) is 26.8 Å². The fraction of sp³-hybridized carbons (Fsp3) is 0.742. The van der Waals surface area contributed by atoms with Crippen LogP contribution in [0.2, 0.25) is 0 Å². The Hall–Kier alpha value is -2.64. The molecule has 0 aliphatic heterocycles. The number of carboxylic acids is 2. The van der Waals surface area contributed by atoms with Gasteiger partial charge in [-0.1, -0.05) is 52.7 Å². The van der Waals surface area contributed by atoms with E-state index in [0.29, 0.717) is 17.8 Å². The van der Waals surface area contributed by atoms with Crippen molar-refractivity contribution >= 4 is 23.8 Å². The molecule has 0 bridgehead atoms. The van der Waals surface area contributed by atoms with Gasteiger partial charge in [0.15, 0.2) is 0 Å². The number of primary amides is 1. The largest absolute Gasteiger partial charge is 0.481 e. The highest BCUT2D eigenvalue weighted by Crippen LogP contribution is 2.38. The number of amides is 1. The second-order valence-corrected chi connectivity index (χ2v) is 12.9. The fourth-order valence-electron chi connectivity index (χ4n) is 5.27. The molecule has 8 heteroatoms. The Morgan fingerprint density at radius 2 is 1.41 bits per heavy atom. The summed E-state index contributed by atoms with van der Waals surface area (Å²) < 4.78 is 5.55. The highest BCUT2D eigenvalue weighted by Gasteiger charge is 2.47.